The van der Waals surface area contributed by atoms with E-state index < -0.39 is 41.4 Å². The maximum atomic E-state index is 14.2. The number of halogens is 1. The van der Waals surface area contributed by atoms with Gasteiger partial charge in [0.05, 0.1) is 16.4 Å². The third-order valence-electron chi connectivity index (χ3n) is 9.74. The van der Waals surface area contributed by atoms with Gasteiger partial charge in [-0.2, -0.15) is 5.10 Å². The topological polar surface area (TPSA) is 137 Å². The molecular formula is C41H56ClN5O6. The highest BCUT2D eigenvalue weighted by atomic mass is 35.5. The second-order valence-electron chi connectivity index (χ2n) is 14.5. The summed E-state index contributed by atoms with van der Waals surface area (Å²) in [5.74, 6) is -2.67. The van der Waals surface area contributed by atoms with E-state index >= 15 is 0 Å². The van der Waals surface area contributed by atoms with E-state index in [2.05, 4.69) is 22.7 Å². The molecule has 2 aliphatic rings. The number of carbonyl (C=O) groups is 5. The van der Waals surface area contributed by atoms with Crippen LogP contribution in [-0.4, -0.2) is 58.4 Å². The minimum Gasteiger partial charge on any atom is -0.433 e. The number of rotatable bonds is 23. The highest BCUT2D eigenvalue weighted by Gasteiger charge is 2.55. The van der Waals surface area contributed by atoms with Crippen molar-refractivity contribution in [2.24, 2.45) is 5.10 Å². The van der Waals surface area contributed by atoms with Crippen molar-refractivity contribution in [3.05, 3.63) is 53.6 Å². The number of Topliss-reactive ketones (excluding diaryl/α,β-unsaturated/α-hetero) is 1. The van der Waals surface area contributed by atoms with E-state index in [1.165, 1.54) is 108 Å². The molecule has 0 radical (unpaired) electrons. The molecule has 2 N–H and O–H groups in total. The van der Waals surface area contributed by atoms with Gasteiger partial charge < -0.3 is 15.4 Å². The predicted molar refractivity (Wildman–Crippen MR) is 210 cm³/mol. The number of imide groups is 1. The van der Waals surface area contributed by atoms with Gasteiger partial charge in [-0.1, -0.05) is 127 Å². The van der Waals surface area contributed by atoms with Crippen molar-refractivity contribution in [2.75, 3.05) is 15.6 Å². The van der Waals surface area contributed by atoms with Crippen LogP contribution in [0.3, 0.4) is 0 Å². The van der Waals surface area contributed by atoms with Gasteiger partial charge in [0.2, 0.25) is 5.91 Å². The summed E-state index contributed by atoms with van der Waals surface area (Å²) >= 11 is 6.45. The molecule has 0 saturated carbocycles. The van der Waals surface area contributed by atoms with Crippen LogP contribution in [-0.2, 0) is 23.9 Å². The normalized spacial score (nSPS) is 16.9. The fraction of sp³-hybridized carbons (Fsp3) is 0.561. The minimum atomic E-state index is -1.88. The molecule has 2 aliphatic heterocycles. The first-order chi connectivity index (χ1) is 25.5. The molecule has 1 fully saturated rings. The average Bonchev–Trinajstić information content (AvgIpc) is 3.70. The largest absolute Gasteiger partial charge is 0.433 e. The van der Waals surface area contributed by atoms with Gasteiger partial charge in [-0.15, -0.1) is 0 Å². The molecule has 11 nitrogen and oxygen atoms in total. The van der Waals surface area contributed by atoms with Gasteiger partial charge in [0.25, 0.3) is 11.8 Å². The lowest BCUT2D eigenvalue weighted by Gasteiger charge is -2.29. The summed E-state index contributed by atoms with van der Waals surface area (Å²) in [6.07, 6.45) is 19.6. The van der Waals surface area contributed by atoms with E-state index in [9.17, 15) is 24.0 Å². The van der Waals surface area contributed by atoms with Crippen molar-refractivity contribution in [3.8, 4) is 0 Å². The van der Waals surface area contributed by atoms with Crippen LogP contribution < -0.4 is 15.6 Å². The van der Waals surface area contributed by atoms with Crippen molar-refractivity contribution in [3.63, 3.8) is 0 Å². The van der Waals surface area contributed by atoms with Crippen LogP contribution in [0, 0.1) is 0 Å². The molecule has 0 bridgehead atoms. The van der Waals surface area contributed by atoms with E-state index in [0.717, 1.165) is 19.3 Å². The molecule has 2 unspecified atom stereocenters. The summed E-state index contributed by atoms with van der Waals surface area (Å²) in [5, 5.41) is 11.4. The van der Waals surface area contributed by atoms with E-state index in [0.29, 0.717) is 22.7 Å². The van der Waals surface area contributed by atoms with E-state index in [1.54, 1.807) is 36.5 Å². The first-order valence-electron chi connectivity index (χ1n) is 19.4. The van der Waals surface area contributed by atoms with Crippen LogP contribution in [0.4, 0.5) is 21.9 Å². The number of ether oxygens (including phenoxy) is 1. The minimum absolute atomic E-state index is 0.0982. The molecule has 53 heavy (non-hydrogen) atoms. The van der Waals surface area contributed by atoms with Crippen LogP contribution in [0.25, 0.3) is 0 Å². The standard InChI is InChI=1S/C41H56ClN5O6/c1-4-5-6-7-8-9-10-11-12-13-14-15-16-17-21-24-35(48)44-30-25-26-32(42)33(29-30)45-38(50)36(46-39(51)41(2,3)53-40(46)52)37(49)34-27-28-43-47(34)31-22-19-18-20-23-31/h18-20,22-23,25-26,28-29,34,36H,4-17,21,24,27H2,1-3H3,(H,44,48)(H,45,50). The Morgan fingerprint density at radius 1 is 0.849 bits per heavy atom. The smallest absolute Gasteiger partial charge is 0.418 e. The number of hydrogen-bond donors (Lipinski definition) is 2. The molecule has 2 aromatic carbocycles. The van der Waals surface area contributed by atoms with E-state index in [-0.39, 0.29) is 23.0 Å². The Kier molecular flexibility index (Phi) is 16.3. The molecule has 288 valence electrons. The van der Waals surface area contributed by atoms with Gasteiger partial charge in [0.15, 0.2) is 17.4 Å². The van der Waals surface area contributed by atoms with Gasteiger partial charge in [-0.3, -0.25) is 24.2 Å². The van der Waals surface area contributed by atoms with Crippen molar-refractivity contribution in [2.45, 2.75) is 148 Å². The third-order valence-corrected chi connectivity index (χ3v) is 10.1. The second kappa shape index (κ2) is 20.8. The van der Waals surface area contributed by atoms with Gasteiger partial charge in [-0.25, -0.2) is 9.69 Å². The number of carbonyl (C=O) groups excluding carboxylic acids is 5. The Labute approximate surface area is 319 Å². The van der Waals surface area contributed by atoms with Crippen LogP contribution in [0.2, 0.25) is 5.02 Å². The number of hydrazone groups is 1. The Bertz CT molecular complexity index is 1580. The number of nitrogens with one attached hydrogen (secondary N) is 2. The molecule has 1 saturated heterocycles. The van der Waals surface area contributed by atoms with Gasteiger partial charge >= 0.3 is 6.09 Å². The highest BCUT2D eigenvalue weighted by molar-refractivity contribution is 6.34. The van der Waals surface area contributed by atoms with Gasteiger partial charge in [-0.05, 0) is 50.6 Å². The van der Waals surface area contributed by atoms with Gasteiger partial charge in [0.1, 0.15) is 6.04 Å². The SMILES string of the molecule is CCCCCCCCCCCCCCCCCC(=O)Nc1ccc(Cl)c(NC(=O)C(C(=O)C2CC=NN2c2ccccc2)N2C(=O)OC(C)(C)C2=O)c1. The summed E-state index contributed by atoms with van der Waals surface area (Å²) in [6, 6.07) is 10.7. The van der Waals surface area contributed by atoms with Crippen LogP contribution in [0.1, 0.15) is 130 Å². The molecule has 2 heterocycles. The zero-order valence-electron chi connectivity index (χ0n) is 31.5. The number of benzene rings is 2. The van der Waals surface area contributed by atoms with Crippen LogP contribution in [0.15, 0.2) is 53.6 Å². The van der Waals surface area contributed by atoms with Crippen molar-refractivity contribution < 1.29 is 28.7 Å². The molecule has 0 aromatic heterocycles. The fourth-order valence-corrected chi connectivity index (χ4v) is 6.89. The summed E-state index contributed by atoms with van der Waals surface area (Å²) in [4.78, 5) is 67.8. The molecular weight excluding hydrogens is 694 g/mol. The number of ketones is 1. The van der Waals surface area contributed by atoms with Crippen molar-refractivity contribution in [1.29, 1.82) is 0 Å². The molecule has 12 heteroatoms. The monoisotopic (exact) mass is 749 g/mol. The molecule has 0 aliphatic carbocycles. The predicted octanol–water partition coefficient (Wildman–Crippen LogP) is 9.44. The number of hydrogen-bond acceptors (Lipinski definition) is 8. The Balaban J connectivity index is 1.28. The maximum absolute atomic E-state index is 14.2. The van der Waals surface area contributed by atoms with Crippen molar-refractivity contribution in [1.82, 2.24) is 4.90 Å². The van der Waals surface area contributed by atoms with Crippen LogP contribution >= 0.6 is 11.6 Å². The highest BCUT2D eigenvalue weighted by Crippen LogP contribution is 2.31. The lowest BCUT2D eigenvalue weighted by atomic mass is 9.98. The van der Waals surface area contributed by atoms with E-state index in [4.69, 9.17) is 16.3 Å². The van der Waals surface area contributed by atoms with Crippen LogP contribution in [0.5, 0.6) is 0 Å². The zero-order chi connectivity index (χ0) is 38.2. The van der Waals surface area contributed by atoms with Gasteiger partial charge in [0, 0.05) is 24.7 Å². The quantitative estimate of drug-likeness (QED) is 0.0853. The Morgan fingerprint density at radius 3 is 2.00 bits per heavy atom. The first-order valence-corrected chi connectivity index (χ1v) is 19.8. The Hall–Kier alpha value is -4.25. The average molecular weight is 750 g/mol. The summed E-state index contributed by atoms with van der Waals surface area (Å²) in [6.45, 7) is 5.04. The molecule has 4 rings (SSSR count). The summed E-state index contributed by atoms with van der Waals surface area (Å²) in [7, 11) is 0. The first kappa shape index (κ1) is 41.5. The third kappa shape index (κ3) is 12.1. The summed E-state index contributed by atoms with van der Waals surface area (Å²) in [5.41, 5.74) is -0.475. The lowest BCUT2D eigenvalue weighted by molar-refractivity contribution is -0.143. The number of cyclic esters (lactones) is 1. The fourth-order valence-electron chi connectivity index (χ4n) is 6.72. The molecule has 0 spiro atoms. The molecule has 2 aromatic rings. The second-order valence-corrected chi connectivity index (χ2v) is 14.9. The van der Waals surface area contributed by atoms with Crippen molar-refractivity contribution >= 4 is 64.5 Å². The lowest BCUT2D eigenvalue weighted by Crippen LogP contribution is -2.57. The molecule has 2 atom stereocenters. The maximum Gasteiger partial charge on any atom is 0.418 e. The number of anilines is 3. The van der Waals surface area contributed by atoms with E-state index in [1.807, 2.05) is 6.07 Å². The molecule has 4 amide bonds. The summed E-state index contributed by atoms with van der Waals surface area (Å²) < 4.78 is 5.25. The number of amides is 4. The number of para-hydroxylation sites is 1. The number of nitrogens with zero attached hydrogens (tertiary/aromatic N) is 3. The Morgan fingerprint density at radius 2 is 1.43 bits per heavy atom. The zero-order valence-corrected chi connectivity index (χ0v) is 32.3. The number of unbranched alkanes of at least 4 members (excludes halogenated alkanes) is 14.